The maximum absolute atomic E-state index is 5.50. The Kier molecular flexibility index (Phi) is 5.92. The highest BCUT2D eigenvalue weighted by Crippen LogP contribution is 2.19. The number of aromatic nitrogens is 2. The monoisotopic (exact) mass is 376 g/mol. The van der Waals surface area contributed by atoms with Crippen molar-refractivity contribution in [1.82, 2.24) is 14.7 Å². The minimum absolute atomic E-state index is 0.482. The van der Waals surface area contributed by atoms with E-state index in [9.17, 15) is 0 Å². The molecule has 1 aliphatic heterocycles. The van der Waals surface area contributed by atoms with E-state index in [1.54, 1.807) is 0 Å². The zero-order chi connectivity index (χ0) is 19.2. The fourth-order valence-corrected chi connectivity index (χ4v) is 3.69. The van der Waals surface area contributed by atoms with Gasteiger partial charge in [0.1, 0.15) is 11.6 Å². The van der Waals surface area contributed by atoms with Gasteiger partial charge < -0.3 is 10.1 Å². The number of nitrogens with zero attached hydrogens (tertiary/aromatic N) is 3. The van der Waals surface area contributed by atoms with Gasteiger partial charge in [0.25, 0.3) is 0 Å². The average molecular weight is 377 g/mol. The van der Waals surface area contributed by atoms with E-state index < -0.39 is 0 Å². The van der Waals surface area contributed by atoms with E-state index in [1.165, 1.54) is 5.56 Å². The summed E-state index contributed by atoms with van der Waals surface area (Å²) in [5.74, 6) is 1.83. The minimum atomic E-state index is 0.482. The fraction of sp³-hybridized carbons (Fsp3) is 0.348. The molecule has 146 valence electrons. The van der Waals surface area contributed by atoms with E-state index in [0.717, 1.165) is 49.7 Å². The van der Waals surface area contributed by atoms with Gasteiger partial charge in [-0.25, -0.2) is 4.68 Å². The Morgan fingerprint density at radius 1 is 1.00 bits per heavy atom. The highest BCUT2D eigenvalue weighted by Gasteiger charge is 2.19. The number of ether oxygens (including phenoxy) is 1. The first kappa shape index (κ1) is 18.6. The van der Waals surface area contributed by atoms with Crippen LogP contribution in [0, 0.1) is 0 Å². The summed E-state index contributed by atoms with van der Waals surface area (Å²) >= 11 is 0. The molecule has 1 aromatic heterocycles. The van der Waals surface area contributed by atoms with Crippen LogP contribution in [0.5, 0.6) is 5.75 Å². The molecule has 28 heavy (non-hydrogen) atoms. The SMILES string of the molecule is CCOc1ccc(-n2ccc(NC3CCN(Cc4ccccc4)CC3)n2)cc1. The summed E-state index contributed by atoms with van der Waals surface area (Å²) in [7, 11) is 0. The van der Waals surface area contributed by atoms with Crippen LogP contribution in [0.2, 0.25) is 0 Å². The first-order chi connectivity index (χ1) is 13.8. The number of hydrogen-bond donors (Lipinski definition) is 1. The number of piperidine rings is 1. The number of benzene rings is 2. The molecule has 0 aliphatic carbocycles. The van der Waals surface area contributed by atoms with Crippen LogP contribution >= 0.6 is 0 Å². The van der Waals surface area contributed by atoms with Crippen molar-refractivity contribution in [3.8, 4) is 11.4 Å². The van der Waals surface area contributed by atoms with Gasteiger partial charge in [-0.1, -0.05) is 30.3 Å². The lowest BCUT2D eigenvalue weighted by molar-refractivity contribution is 0.211. The van der Waals surface area contributed by atoms with Gasteiger partial charge in [0.2, 0.25) is 0 Å². The van der Waals surface area contributed by atoms with E-state index in [0.29, 0.717) is 12.6 Å². The van der Waals surface area contributed by atoms with E-state index in [4.69, 9.17) is 4.74 Å². The third-order valence-electron chi connectivity index (χ3n) is 5.19. The van der Waals surface area contributed by atoms with Crippen molar-refractivity contribution in [1.29, 1.82) is 0 Å². The molecule has 4 rings (SSSR count). The largest absolute Gasteiger partial charge is 0.494 e. The van der Waals surface area contributed by atoms with Gasteiger partial charge >= 0.3 is 0 Å². The van der Waals surface area contributed by atoms with Crippen LogP contribution in [0.15, 0.2) is 66.9 Å². The summed E-state index contributed by atoms with van der Waals surface area (Å²) in [6.07, 6.45) is 4.29. The van der Waals surface area contributed by atoms with Crippen LogP contribution < -0.4 is 10.1 Å². The highest BCUT2D eigenvalue weighted by molar-refractivity contribution is 5.41. The third-order valence-corrected chi connectivity index (χ3v) is 5.19. The van der Waals surface area contributed by atoms with Crippen LogP contribution in [-0.4, -0.2) is 40.4 Å². The van der Waals surface area contributed by atoms with Crippen LogP contribution in [0.3, 0.4) is 0 Å². The molecule has 1 N–H and O–H groups in total. The molecular weight excluding hydrogens is 348 g/mol. The zero-order valence-electron chi connectivity index (χ0n) is 16.4. The molecule has 2 aromatic carbocycles. The van der Waals surface area contributed by atoms with Crippen molar-refractivity contribution < 1.29 is 4.74 Å². The molecule has 1 saturated heterocycles. The van der Waals surface area contributed by atoms with Gasteiger partial charge in [-0.05, 0) is 49.6 Å². The summed E-state index contributed by atoms with van der Waals surface area (Å²) in [5.41, 5.74) is 2.43. The van der Waals surface area contributed by atoms with Crippen molar-refractivity contribution in [3.05, 3.63) is 72.4 Å². The van der Waals surface area contributed by atoms with Crippen LogP contribution in [-0.2, 0) is 6.54 Å². The molecular formula is C23H28N4O. The quantitative estimate of drug-likeness (QED) is 0.666. The highest BCUT2D eigenvalue weighted by atomic mass is 16.5. The Labute approximate surface area is 166 Å². The predicted molar refractivity (Wildman–Crippen MR) is 113 cm³/mol. The smallest absolute Gasteiger partial charge is 0.148 e. The summed E-state index contributed by atoms with van der Waals surface area (Å²) in [6.45, 7) is 5.95. The molecule has 0 amide bonds. The second-order valence-electron chi connectivity index (χ2n) is 7.25. The molecule has 0 atom stereocenters. The number of nitrogens with one attached hydrogen (secondary N) is 1. The molecule has 1 aliphatic rings. The maximum atomic E-state index is 5.50. The number of likely N-dealkylation sites (tertiary alicyclic amines) is 1. The lowest BCUT2D eigenvalue weighted by atomic mass is 10.0. The molecule has 0 radical (unpaired) electrons. The first-order valence-corrected chi connectivity index (χ1v) is 10.1. The Balaban J connectivity index is 1.29. The Bertz CT molecular complexity index is 852. The van der Waals surface area contributed by atoms with Crippen LogP contribution in [0.1, 0.15) is 25.3 Å². The van der Waals surface area contributed by atoms with Crippen LogP contribution in [0.4, 0.5) is 5.82 Å². The molecule has 0 bridgehead atoms. The van der Waals surface area contributed by atoms with Gasteiger partial charge in [0.05, 0.1) is 12.3 Å². The molecule has 5 nitrogen and oxygen atoms in total. The molecule has 5 heteroatoms. The van der Waals surface area contributed by atoms with Crippen molar-refractivity contribution in [3.63, 3.8) is 0 Å². The lowest BCUT2D eigenvalue weighted by Gasteiger charge is -2.32. The minimum Gasteiger partial charge on any atom is -0.494 e. The standard InChI is InChI=1S/C23H28N4O/c1-2-28-22-10-8-21(9-11-22)27-17-14-23(25-27)24-20-12-15-26(16-13-20)18-19-6-4-3-5-7-19/h3-11,14,17,20H,2,12-13,15-16,18H2,1H3,(H,24,25). The van der Waals surface area contributed by atoms with Crippen LogP contribution in [0.25, 0.3) is 5.69 Å². The van der Waals surface area contributed by atoms with E-state index >= 15 is 0 Å². The Morgan fingerprint density at radius 2 is 1.75 bits per heavy atom. The van der Waals surface area contributed by atoms with Gasteiger partial charge in [-0.2, -0.15) is 5.10 Å². The molecule has 0 unspecified atom stereocenters. The van der Waals surface area contributed by atoms with Gasteiger partial charge in [-0.15, -0.1) is 0 Å². The summed E-state index contributed by atoms with van der Waals surface area (Å²) < 4.78 is 7.41. The molecule has 0 saturated carbocycles. The summed E-state index contributed by atoms with van der Waals surface area (Å²) in [5, 5.41) is 8.29. The molecule has 3 aromatic rings. The van der Waals surface area contributed by atoms with Crippen molar-refractivity contribution >= 4 is 5.82 Å². The van der Waals surface area contributed by atoms with E-state index in [1.807, 2.05) is 48.1 Å². The number of anilines is 1. The Morgan fingerprint density at radius 3 is 2.46 bits per heavy atom. The molecule has 1 fully saturated rings. The van der Waals surface area contributed by atoms with Crippen molar-refractivity contribution in [2.75, 3.05) is 25.0 Å². The molecule has 0 spiro atoms. The van der Waals surface area contributed by atoms with E-state index in [2.05, 4.69) is 45.6 Å². The molecule has 2 heterocycles. The van der Waals surface area contributed by atoms with Crippen molar-refractivity contribution in [2.24, 2.45) is 0 Å². The first-order valence-electron chi connectivity index (χ1n) is 10.1. The predicted octanol–water partition coefficient (Wildman–Crippen LogP) is 4.35. The fourth-order valence-electron chi connectivity index (χ4n) is 3.69. The van der Waals surface area contributed by atoms with Gasteiger partial charge in [0, 0.05) is 37.9 Å². The summed E-state index contributed by atoms with van der Waals surface area (Å²) in [4.78, 5) is 2.53. The lowest BCUT2D eigenvalue weighted by Crippen LogP contribution is -2.38. The zero-order valence-corrected chi connectivity index (χ0v) is 16.4. The summed E-state index contributed by atoms with van der Waals surface area (Å²) in [6, 6.07) is 21.3. The van der Waals surface area contributed by atoms with Gasteiger partial charge in [-0.3, -0.25) is 4.90 Å². The van der Waals surface area contributed by atoms with E-state index in [-0.39, 0.29) is 0 Å². The topological polar surface area (TPSA) is 42.3 Å². The van der Waals surface area contributed by atoms with Gasteiger partial charge in [0.15, 0.2) is 0 Å². The number of hydrogen-bond acceptors (Lipinski definition) is 4. The number of rotatable bonds is 7. The Hall–Kier alpha value is -2.79. The average Bonchev–Trinajstić information content (AvgIpc) is 3.20. The van der Waals surface area contributed by atoms with Crippen molar-refractivity contribution in [2.45, 2.75) is 32.4 Å². The maximum Gasteiger partial charge on any atom is 0.148 e. The normalized spacial score (nSPS) is 15.5. The second kappa shape index (κ2) is 8.93. The second-order valence-corrected chi connectivity index (χ2v) is 7.25. The third kappa shape index (κ3) is 4.73.